The van der Waals surface area contributed by atoms with E-state index < -0.39 is 0 Å². The summed E-state index contributed by atoms with van der Waals surface area (Å²) in [5, 5.41) is 10.8. The average Bonchev–Trinajstić information content (AvgIpc) is 2.91. The molecule has 7 heteroatoms. The third-order valence-electron chi connectivity index (χ3n) is 4.98. The lowest BCUT2D eigenvalue weighted by molar-refractivity contribution is -0.0823. The SMILES string of the molecule is CCNC(=NCC1CCCOC1C(C)(C)C)NCCc1c(C)noc1C.I. The van der Waals surface area contributed by atoms with Crippen molar-refractivity contribution in [3.8, 4) is 0 Å². The molecule has 0 amide bonds. The predicted molar refractivity (Wildman–Crippen MR) is 121 cm³/mol. The molecule has 2 heterocycles. The summed E-state index contributed by atoms with van der Waals surface area (Å²) in [6.07, 6.45) is 3.46. The van der Waals surface area contributed by atoms with Gasteiger partial charge in [-0.2, -0.15) is 0 Å². The first-order valence-corrected chi connectivity index (χ1v) is 9.88. The van der Waals surface area contributed by atoms with Crippen molar-refractivity contribution < 1.29 is 9.26 Å². The Labute approximate surface area is 181 Å². The van der Waals surface area contributed by atoms with Crippen LogP contribution in [0, 0.1) is 25.2 Å². The van der Waals surface area contributed by atoms with Crippen molar-refractivity contribution in [3.63, 3.8) is 0 Å². The highest BCUT2D eigenvalue weighted by Gasteiger charge is 2.35. The van der Waals surface area contributed by atoms with Gasteiger partial charge in [0.05, 0.1) is 11.8 Å². The summed E-state index contributed by atoms with van der Waals surface area (Å²) in [5.74, 6) is 2.25. The number of hydrogen-bond donors (Lipinski definition) is 2. The smallest absolute Gasteiger partial charge is 0.191 e. The number of guanidine groups is 1. The summed E-state index contributed by atoms with van der Waals surface area (Å²) in [4.78, 5) is 4.84. The summed E-state index contributed by atoms with van der Waals surface area (Å²) in [5.41, 5.74) is 2.30. The first-order valence-electron chi connectivity index (χ1n) is 9.88. The van der Waals surface area contributed by atoms with Crippen molar-refractivity contribution in [3.05, 3.63) is 17.0 Å². The van der Waals surface area contributed by atoms with E-state index in [2.05, 4.69) is 43.5 Å². The molecule has 2 rings (SSSR count). The molecular weight excluding hydrogens is 455 g/mol. The molecule has 0 bridgehead atoms. The minimum absolute atomic E-state index is 0. The summed E-state index contributed by atoms with van der Waals surface area (Å²) in [6.45, 7) is 16.1. The van der Waals surface area contributed by atoms with E-state index in [0.717, 1.165) is 56.5 Å². The normalized spacial score (nSPS) is 20.9. The van der Waals surface area contributed by atoms with E-state index in [4.69, 9.17) is 14.3 Å². The highest BCUT2D eigenvalue weighted by Crippen LogP contribution is 2.34. The molecule has 0 aromatic carbocycles. The Hall–Kier alpha value is -0.830. The van der Waals surface area contributed by atoms with Gasteiger partial charge in [-0.1, -0.05) is 25.9 Å². The Bertz CT molecular complexity index is 576. The largest absolute Gasteiger partial charge is 0.377 e. The van der Waals surface area contributed by atoms with Crippen LogP contribution < -0.4 is 10.6 Å². The number of nitrogens with one attached hydrogen (secondary N) is 2. The summed E-state index contributed by atoms with van der Waals surface area (Å²) >= 11 is 0. The first kappa shape index (κ1) is 24.2. The zero-order chi connectivity index (χ0) is 19.2. The molecule has 156 valence electrons. The fourth-order valence-corrected chi connectivity index (χ4v) is 3.70. The number of ether oxygens (including phenoxy) is 1. The average molecular weight is 492 g/mol. The number of rotatable bonds is 6. The molecule has 1 aromatic heterocycles. The van der Waals surface area contributed by atoms with Gasteiger partial charge in [0, 0.05) is 37.7 Å². The minimum Gasteiger partial charge on any atom is -0.377 e. The molecule has 1 aromatic rings. The van der Waals surface area contributed by atoms with Crippen molar-refractivity contribution >= 4 is 29.9 Å². The molecule has 0 spiro atoms. The van der Waals surface area contributed by atoms with Crippen LogP contribution in [-0.2, 0) is 11.2 Å². The molecule has 1 saturated heterocycles. The molecule has 0 radical (unpaired) electrons. The van der Waals surface area contributed by atoms with Crippen LogP contribution in [0.3, 0.4) is 0 Å². The van der Waals surface area contributed by atoms with Gasteiger partial charge in [-0.05, 0) is 45.4 Å². The number of aromatic nitrogens is 1. The monoisotopic (exact) mass is 492 g/mol. The molecule has 2 unspecified atom stereocenters. The molecule has 0 saturated carbocycles. The Morgan fingerprint density at radius 2 is 2.00 bits per heavy atom. The minimum atomic E-state index is 0. The van der Waals surface area contributed by atoms with Crippen molar-refractivity contribution in [2.24, 2.45) is 16.3 Å². The van der Waals surface area contributed by atoms with Gasteiger partial charge in [0.1, 0.15) is 5.76 Å². The van der Waals surface area contributed by atoms with Gasteiger partial charge in [-0.3, -0.25) is 4.99 Å². The lowest BCUT2D eigenvalue weighted by Gasteiger charge is -2.39. The van der Waals surface area contributed by atoms with Gasteiger partial charge in [0.15, 0.2) is 5.96 Å². The predicted octanol–water partition coefficient (Wildman–Crippen LogP) is 3.85. The lowest BCUT2D eigenvalue weighted by atomic mass is 9.78. The number of halogens is 1. The molecule has 6 nitrogen and oxygen atoms in total. The zero-order valence-corrected chi connectivity index (χ0v) is 20.1. The number of hydrogen-bond acceptors (Lipinski definition) is 4. The maximum absolute atomic E-state index is 6.08. The van der Waals surface area contributed by atoms with Crippen molar-refractivity contribution in [2.75, 3.05) is 26.2 Å². The van der Waals surface area contributed by atoms with Crippen LogP contribution in [-0.4, -0.2) is 43.5 Å². The molecule has 27 heavy (non-hydrogen) atoms. The number of aryl methyl sites for hydroxylation is 2. The van der Waals surface area contributed by atoms with E-state index in [-0.39, 0.29) is 35.5 Å². The quantitative estimate of drug-likeness (QED) is 0.359. The van der Waals surface area contributed by atoms with Crippen LogP contribution >= 0.6 is 24.0 Å². The van der Waals surface area contributed by atoms with Gasteiger partial charge >= 0.3 is 0 Å². The van der Waals surface area contributed by atoms with Crippen LogP contribution in [0.4, 0.5) is 0 Å². The summed E-state index contributed by atoms with van der Waals surface area (Å²) < 4.78 is 11.3. The van der Waals surface area contributed by atoms with Gasteiger partial charge < -0.3 is 19.9 Å². The second-order valence-electron chi connectivity index (χ2n) is 8.26. The molecule has 1 fully saturated rings. The molecule has 0 aliphatic carbocycles. The van der Waals surface area contributed by atoms with Crippen LogP contribution in [0.1, 0.15) is 57.6 Å². The van der Waals surface area contributed by atoms with E-state index in [1.807, 2.05) is 13.8 Å². The van der Waals surface area contributed by atoms with E-state index in [0.29, 0.717) is 5.92 Å². The van der Waals surface area contributed by atoms with E-state index >= 15 is 0 Å². The molecule has 1 aliphatic rings. The molecule has 1 aliphatic heterocycles. The highest BCUT2D eigenvalue weighted by molar-refractivity contribution is 14.0. The molecule has 2 atom stereocenters. The van der Waals surface area contributed by atoms with Crippen molar-refractivity contribution in [1.29, 1.82) is 0 Å². The Morgan fingerprint density at radius 3 is 2.59 bits per heavy atom. The van der Waals surface area contributed by atoms with Crippen LogP contribution in [0.25, 0.3) is 0 Å². The maximum Gasteiger partial charge on any atom is 0.191 e. The van der Waals surface area contributed by atoms with Gasteiger partial charge in [0.2, 0.25) is 0 Å². The maximum atomic E-state index is 6.08. The van der Waals surface area contributed by atoms with Crippen molar-refractivity contribution in [2.45, 2.75) is 66.9 Å². The van der Waals surface area contributed by atoms with Gasteiger partial charge in [-0.15, -0.1) is 24.0 Å². The molecule has 2 N–H and O–H groups in total. The highest BCUT2D eigenvalue weighted by atomic mass is 127. The van der Waals surface area contributed by atoms with Gasteiger partial charge in [0.25, 0.3) is 0 Å². The van der Waals surface area contributed by atoms with Crippen LogP contribution in [0.15, 0.2) is 9.52 Å². The third kappa shape index (κ3) is 7.25. The van der Waals surface area contributed by atoms with Gasteiger partial charge in [-0.25, -0.2) is 0 Å². The topological polar surface area (TPSA) is 71.7 Å². The summed E-state index contributed by atoms with van der Waals surface area (Å²) in [7, 11) is 0. The van der Waals surface area contributed by atoms with E-state index in [1.165, 1.54) is 12.0 Å². The van der Waals surface area contributed by atoms with Crippen LogP contribution in [0.5, 0.6) is 0 Å². The molecular formula is C20H37IN4O2. The standard InChI is InChI=1S/C20H36N4O2.HI/c1-7-21-19(22-11-10-17-14(2)24-26-15(17)3)23-13-16-9-8-12-25-18(16)20(4,5)6;/h16,18H,7-13H2,1-6H3,(H2,21,22,23);1H. The van der Waals surface area contributed by atoms with E-state index in [9.17, 15) is 0 Å². The fraction of sp³-hybridized carbons (Fsp3) is 0.800. The number of nitrogens with zero attached hydrogens (tertiary/aromatic N) is 2. The first-order chi connectivity index (χ1) is 12.3. The third-order valence-corrected chi connectivity index (χ3v) is 4.98. The van der Waals surface area contributed by atoms with Crippen LogP contribution in [0.2, 0.25) is 0 Å². The summed E-state index contributed by atoms with van der Waals surface area (Å²) in [6, 6.07) is 0. The Kier molecular flexibility index (Phi) is 10.1. The zero-order valence-electron chi connectivity index (χ0n) is 17.7. The second kappa shape index (κ2) is 11.2. The Morgan fingerprint density at radius 1 is 1.26 bits per heavy atom. The Balaban J connectivity index is 0.00000364. The lowest BCUT2D eigenvalue weighted by Crippen LogP contribution is -2.43. The second-order valence-corrected chi connectivity index (χ2v) is 8.26. The van der Waals surface area contributed by atoms with Crippen molar-refractivity contribution in [1.82, 2.24) is 15.8 Å². The fourth-order valence-electron chi connectivity index (χ4n) is 3.70. The number of aliphatic imine (C=N–C) groups is 1. The van der Waals surface area contributed by atoms with E-state index in [1.54, 1.807) is 0 Å².